The summed E-state index contributed by atoms with van der Waals surface area (Å²) in [6, 6.07) is 5.42. The third kappa shape index (κ3) is 4.96. The number of carbonyl (C=O) groups is 1. The lowest BCUT2D eigenvalue weighted by Gasteiger charge is -2.57. The SMILES string of the molecule is CCC[C@H]1[C@H]2C[C@H](CN(Cc3nnc(-c4cccnc4)o3)C2)[C@@H]2CCCCN21.O=CO. The van der Waals surface area contributed by atoms with Gasteiger partial charge in [-0.1, -0.05) is 19.8 Å². The molecule has 8 nitrogen and oxygen atoms in total. The second kappa shape index (κ2) is 10.3. The maximum atomic E-state index is 8.36. The number of nitrogens with zero attached hydrogens (tertiary/aromatic N) is 5. The van der Waals surface area contributed by atoms with E-state index in [4.69, 9.17) is 14.3 Å². The molecule has 3 aliphatic heterocycles. The van der Waals surface area contributed by atoms with Crippen molar-refractivity contribution in [2.45, 2.75) is 64.1 Å². The van der Waals surface area contributed by atoms with Gasteiger partial charge in [-0.05, 0) is 56.2 Å². The molecule has 31 heavy (non-hydrogen) atoms. The van der Waals surface area contributed by atoms with Crippen LogP contribution in [0.1, 0.15) is 51.3 Å². The van der Waals surface area contributed by atoms with Gasteiger partial charge in [0.15, 0.2) is 0 Å². The molecule has 0 amide bonds. The van der Waals surface area contributed by atoms with Gasteiger partial charge in [-0.3, -0.25) is 19.6 Å². The van der Waals surface area contributed by atoms with Crippen LogP contribution in [0.3, 0.4) is 0 Å². The van der Waals surface area contributed by atoms with Crippen LogP contribution in [0.5, 0.6) is 0 Å². The molecule has 5 rings (SSSR count). The molecule has 0 saturated carbocycles. The van der Waals surface area contributed by atoms with E-state index in [0.717, 1.165) is 48.5 Å². The summed E-state index contributed by atoms with van der Waals surface area (Å²) in [6.45, 7) is 6.51. The third-order valence-corrected chi connectivity index (χ3v) is 7.02. The molecule has 2 bridgehead atoms. The van der Waals surface area contributed by atoms with Crippen LogP contribution in [-0.2, 0) is 11.3 Å². The Kier molecular flexibility index (Phi) is 7.29. The smallest absolute Gasteiger partial charge is 0.290 e. The molecule has 168 valence electrons. The molecule has 0 aromatic carbocycles. The second-order valence-electron chi connectivity index (χ2n) is 8.95. The fourth-order valence-corrected chi connectivity index (χ4v) is 5.94. The molecule has 2 aromatic rings. The van der Waals surface area contributed by atoms with Gasteiger partial charge in [0.1, 0.15) is 0 Å². The Balaban J connectivity index is 0.000000730. The fourth-order valence-electron chi connectivity index (χ4n) is 5.94. The lowest BCUT2D eigenvalue weighted by molar-refractivity contribution is -0.122. The number of pyridine rings is 1. The molecule has 0 spiro atoms. The summed E-state index contributed by atoms with van der Waals surface area (Å²) < 4.78 is 5.96. The zero-order chi connectivity index (χ0) is 21.6. The number of piperidine rings is 3. The van der Waals surface area contributed by atoms with E-state index in [9.17, 15) is 0 Å². The largest absolute Gasteiger partial charge is 0.483 e. The second-order valence-corrected chi connectivity index (χ2v) is 8.95. The monoisotopic (exact) mass is 427 g/mol. The topological polar surface area (TPSA) is 95.6 Å². The van der Waals surface area contributed by atoms with Gasteiger partial charge >= 0.3 is 0 Å². The zero-order valence-electron chi connectivity index (χ0n) is 18.3. The van der Waals surface area contributed by atoms with Crippen molar-refractivity contribution in [1.29, 1.82) is 0 Å². The van der Waals surface area contributed by atoms with E-state index < -0.39 is 0 Å². The average Bonchev–Trinajstić information content (AvgIpc) is 3.26. The van der Waals surface area contributed by atoms with Gasteiger partial charge in [0.05, 0.1) is 12.1 Å². The molecular formula is C23H33N5O3. The summed E-state index contributed by atoms with van der Waals surface area (Å²) >= 11 is 0. The quantitative estimate of drug-likeness (QED) is 0.726. The van der Waals surface area contributed by atoms with E-state index in [1.807, 2.05) is 12.1 Å². The first-order valence-corrected chi connectivity index (χ1v) is 11.5. The summed E-state index contributed by atoms with van der Waals surface area (Å²) in [6.07, 6.45) is 11.7. The highest BCUT2D eigenvalue weighted by atomic mass is 16.4. The van der Waals surface area contributed by atoms with Crippen molar-refractivity contribution in [3.63, 3.8) is 0 Å². The molecule has 3 fully saturated rings. The maximum Gasteiger partial charge on any atom is 0.290 e. The predicted molar refractivity (Wildman–Crippen MR) is 116 cm³/mol. The Morgan fingerprint density at radius 3 is 2.87 bits per heavy atom. The van der Waals surface area contributed by atoms with Crippen LogP contribution in [0.2, 0.25) is 0 Å². The normalized spacial score (nSPS) is 28.3. The summed E-state index contributed by atoms with van der Waals surface area (Å²) in [5.41, 5.74) is 0.887. The molecule has 0 aliphatic carbocycles. The van der Waals surface area contributed by atoms with E-state index in [1.54, 1.807) is 12.4 Å². The van der Waals surface area contributed by atoms with Crippen LogP contribution >= 0.6 is 0 Å². The van der Waals surface area contributed by atoms with Gasteiger partial charge in [0.25, 0.3) is 6.47 Å². The number of hydrogen-bond donors (Lipinski definition) is 1. The molecule has 5 heterocycles. The maximum absolute atomic E-state index is 8.36. The van der Waals surface area contributed by atoms with Crippen molar-refractivity contribution >= 4 is 6.47 Å². The Hall–Kier alpha value is -2.32. The fraction of sp³-hybridized carbons (Fsp3) is 0.652. The van der Waals surface area contributed by atoms with E-state index in [0.29, 0.717) is 5.89 Å². The van der Waals surface area contributed by atoms with Gasteiger partial charge in [-0.25, -0.2) is 0 Å². The van der Waals surface area contributed by atoms with Gasteiger partial charge in [0, 0.05) is 37.6 Å². The van der Waals surface area contributed by atoms with Crippen LogP contribution in [0.15, 0.2) is 28.9 Å². The first kappa shape index (κ1) is 21.9. The van der Waals surface area contributed by atoms with Gasteiger partial charge in [-0.15, -0.1) is 10.2 Å². The predicted octanol–water partition coefficient (Wildman–Crippen LogP) is 3.31. The van der Waals surface area contributed by atoms with Crippen molar-refractivity contribution in [3.05, 3.63) is 30.4 Å². The highest BCUT2D eigenvalue weighted by molar-refractivity contribution is 5.49. The van der Waals surface area contributed by atoms with Crippen molar-refractivity contribution in [1.82, 2.24) is 25.0 Å². The molecule has 4 atom stereocenters. The van der Waals surface area contributed by atoms with Crippen molar-refractivity contribution in [3.8, 4) is 11.5 Å². The number of likely N-dealkylation sites (tertiary alicyclic amines) is 1. The molecule has 8 heteroatoms. The lowest BCUT2D eigenvalue weighted by Crippen LogP contribution is -2.63. The van der Waals surface area contributed by atoms with E-state index in [2.05, 4.69) is 31.9 Å². The van der Waals surface area contributed by atoms with Crippen LogP contribution in [0.4, 0.5) is 0 Å². The molecule has 3 saturated heterocycles. The first-order valence-electron chi connectivity index (χ1n) is 11.5. The molecular weight excluding hydrogens is 394 g/mol. The Bertz CT molecular complexity index is 830. The van der Waals surface area contributed by atoms with E-state index >= 15 is 0 Å². The number of hydrogen-bond acceptors (Lipinski definition) is 7. The van der Waals surface area contributed by atoms with Crippen molar-refractivity contribution in [2.75, 3.05) is 19.6 Å². The lowest BCUT2D eigenvalue weighted by atomic mass is 9.71. The molecule has 0 radical (unpaired) electrons. The summed E-state index contributed by atoms with van der Waals surface area (Å²) in [4.78, 5) is 18.0. The molecule has 2 aromatic heterocycles. The average molecular weight is 428 g/mol. The number of aromatic nitrogens is 3. The van der Waals surface area contributed by atoms with Gasteiger partial charge < -0.3 is 9.52 Å². The van der Waals surface area contributed by atoms with Crippen LogP contribution in [-0.4, -0.2) is 68.3 Å². The number of rotatable bonds is 5. The summed E-state index contributed by atoms with van der Waals surface area (Å²) in [7, 11) is 0. The first-order chi connectivity index (χ1) is 15.2. The van der Waals surface area contributed by atoms with Crippen molar-refractivity contribution in [2.24, 2.45) is 11.8 Å². The summed E-state index contributed by atoms with van der Waals surface area (Å²) in [5.74, 6) is 2.88. The molecule has 1 N–H and O–H groups in total. The summed E-state index contributed by atoms with van der Waals surface area (Å²) in [5, 5.41) is 15.5. The third-order valence-electron chi connectivity index (χ3n) is 7.02. The van der Waals surface area contributed by atoms with Crippen LogP contribution < -0.4 is 0 Å². The Morgan fingerprint density at radius 1 is 1.26 bits per heavy atom. The van der Waals surface area contributed by atoms with E-state index in [1.165, 1.54) is 51.6 Å². The minimum absolute atomic E-state index is 0.250. The standard InChI is InChI=1S/C22H31N5O.CH2O2/c1-2-6-19-17-11-18(20-8-3-4-10-27(19)20)14-26(13-17)15-21-24-25-22(28-21)16-7-5-9-23-12-16;2-1-3/h5,7,9,12,17-20H,2-4,6,8,10-11,13-15H2,1H3;1H,(H,2,3)/t17-,18+,19-,20-;/m0./s1. The number of carboxylic acid groups (broad SMARTS) is 1. The van der Waals surface area contributed by atoms with Gasteiger partial charge in [-0.2, -0.15) is 0 Å². The van der Waals surface area contributed by atoms with Crippen LogP contribution in [0, 0.1) is 11.8 Å². The highest BCUT2D eigenvalue weighted by Gasteiger charge is 2.46. The van der Waals surface area contributed by atoms with Crippen LogP contribution in [0.25, 0.3) is 11.5 Å². The Morgan fingerprint density at radius 2 is 2.10 bits per heavy atom. The van der Waals surface area contributed by atoms with E-state index in [-0.39, 0.29) is 6.47 Å². The molecule has 3 aliphatic rings. The number of fused-ring (bicyclic) bond motifs is 4. The minimum Gasteiger partial charge on any atom is -0.483 e. The van der Waals surface area contributed by atoms with Gasteiger partial charge in [0.2, 0.25) is 11.8 Å². The highest BCUT2D eigenvalue weighted by Crippen LogP contribution is 2.42. The molecule has 0 unspecified atom stereocenters. The Labute approximate surface area is 183 Å². The minimum atomic E-state index is -0.250. The van der Waals surface area contributed by atoms with Crippen molar-refractivity contribution < 1.29 is 14.3 Å². The zero-order valence-corrected chi connectivity index (χ0v) is 18.3.